The van der Waals surface area contributed by atoms with Crippen LogP contribution in [0.2, 0.25) is 0 Å². The van der Waals surface area contributed by atoms with E-state index in [9.17, 15) is 19.2 Å². The number of aromatic nitrogens is 4. The molecule has 3 aliphatic rings. The number of benzene rings is 2. The Bertz CT molecular complexity index is 2170. The zero-order valence-electron chi connectivity index (χ0n) is 32.7. The molecular formula is C40H47FN8O8. The molecule has 2 fully saturated rings. The number of hydrogen-bond donors (Lipinski definition) is 4. The van der Waals surface area contributed by atoms with Crippen molar-refractivity contribution in [2.75, 3.05) is 27.3 Å². The van der Waals surface area contributed by atoms with Crippen molar-refractivity contribution in [1.29, 1.82) is 0 Å². The van der Waals surface area contributed by atoms with E-state index in [1.54, 1.807) is 34.2 Å². The van der Waals surface area contributed by atoms with Crippen molar-refractivity contribution in [3.8, 4) is 45.5 Å². The molecule has 0 radical (unpaired) electrons. The molecule has 16 nitrogen and oxygen atoms in total. The molecule has 0 saturated carbocycles. The summed E-state index contributed by atoms with van der Waals surface area (Å²) in [6.45, 7) is 8.45. The van der Waals surface area contributed by atoms with Gasteiger partial charge in [0.2, 0.25) is 11.8 Å². The second kappa shape index (κ2) is 16.2. The molecule has 0 aliphatic carbocycles. The first-order valence-corrected chi connectivity index (χ1v) is 19.1. The maximum Gasteiger partial charge on any atom is 0.407 e. The number of fused-ring (bicyclic) bond motifs is 2. The smallest absolute Gasteiger partial charge is 0.407 e. The van der Waals surface area contributed by atoms with Crippen LogP contribution in [0.4, 0.5) is 14.0 Å². The first kappa shape index (κ1) is 39.1. The fraction of sp³-hybridized carbons (Fsp3) is 0.450. The first-order valence-electron chi connectivity index (χ1n) is 19.1. The van der Waals surface area contributed by atoms with Gasteiger partial charge in [-0.3, -0.25) is 9.59 Å². The van der Waals surface area contributed by atoms with Crippen molar-refractivity contribution < 1.29 is 42.5 Å². The Hall–Kier alpha value is -6.13. The summed E-state index contributed by atoms with van der Waals surface area (Å²) in [6.07, 6.45) is 4.76. The van der Waals surface area contributed by atoms with E-state index in [0.29, 0.717) is 66.2 Å². The van der Waals surface area contributed by atoms with Crippen LogP contribution in [0.25, 0.3) is 22.5 Å². The molecule has 2 aromatic carbocycles. The number of amides is 4. The number of rotatable bonds is 10. The molecular weight excluding hydrogens is 739 g/mol. The van der Waals surface area contributed by atoms with Gasteiger partial charge in [0.1, 0.15) is 29.5 Å². The molecule has 0 bridgehead atoms. The fourth-order valence-corrected chi connectivity index (χ4v) is 7.66. The van der Waals surface area contributed by atoms with E-state index < -0.39 is 36.1 Å². The van der Waals surface area contributed by atoms with Gasteiger partial charge >= 0.3 is 12.2 Å². The molecule has 2 saturated heterocycles. The lowest BCUT2D eigenvalue weighted by atomic mass is 10.0. The fourth-order valence-electron chi connectivity index (χ4n) is 7.66. The number of alkyl carbamates (subject to hydrolysis) is 2. The van der Waals surface area contributed by atoms with Gasteiger partial charge in [0.05, 0.1) is 50.1 Å². The van der Waals surface area contributed by atoms with Gasteiger partial charge in [-0.25, -0.2) is 23.9 Å². The van der Waals surface area contributed by atoms with Crippen LogP contribution in [-0.4, -0.2) is 93.1 Å². The van der Waals surface area contributed by atoms with Crippen molar-refractivity contribution in [3.05, 3.63) is 60.2 Å². The van der Waals surface area contributed by atoms with Gasteiger partial charge in [0.25, 0.3) is 0 Å². The van der Waals surface area contributed by atoms with Crippen LogP contribution in [0, 0.1) is 17.7 Å². The maximum atomic E-state index is 15.7. The number of ether oxygens (including phenoxy) is 4. The molecule has 2 aromatic heterocycles. The number of methoxy groups -OCH3 is 2. The van der Waals surface area contributed by atoms with Gasteiger partial charge in [0, 0.05) is 30.3 Å². The molecule has 4 aromatic rings. The van der Waals surface area contributed by atoms with Gasteiger partial charge in [-0.15, -0.1) is 0 Å². The van der Waals surface area contributed by atoms with E-state index in [2.05, 4.69) is 30.6 Å². The van der Waals surface area contributed by atoms with Crippen LogP contribution in [0.3, 0.4) is 0 Å². The highest BCUT2D eigenvalue weighted by Crippen LogP contribution is 2.48. The average molecular weight is 787 g/mol. The molecule has 4 unspecified atom stereocenters. The number of nitrogens with one attached hydrogen (secondary N) is 4. The van der Waals surface area contributed by atoms with E-state index in [0.717, 1.165) is 18.4 Å². The molecule has 7 rings (SSSR count). The van der Waals surface area contributed by atoms with Crippen LogP contribution in [-0.2, 0) is 19.1 Å². The average Bonchev–Trinajstić information content (AvgIpc) is 4.03. The third-order valence-corrected chi connectivity index (χ3v) is 10.7. The topological polar surface area (TPSA) is 193 Å². The van der Waals surface area contributed by atoms with E-state index in [-0.39, 0.29) is 41.0 Å². The predicted molar refractivity (Wildman–Crippen MR) is 204 cm³/mol. The lowest BCUT2D eigenvalue weighted by Crippen LogP contribution is -2.51. The number of hydrogen-bond acceptors (Lipinski definition) is 10. The summed E-state index contributed by atoms with van der Waals surface area (Å²) in [5, 5.41) is 5.31. The van der Waals surface area contributed by atoms with Crippen molar-refractivity contribution in [2.24, 2.45) is 11.8 Å². The van der Waals surface area contributed by atoms with Crippen molar-refractivity contribution >= 4 is 24.0 Å². The minimum atomic E-state index is -0.782. The maximum absolute atomic E-state index is 15.7. The highest BCUT2D eigenvalue weighted by atomic mass is 19.1. The van der Waals surface area contributed by atoms with Gasteiger partial charge in [-0.2, -0.15) is 0 Å². The Morgan fingerprint density at radius 1 is 0.737 bits per heavy atom. The Kier molecular flexibility index (Phi) is 11.1. The van der Waals surface area contributed by atoms with E-state index in [4.69, 9.17) is 18.9 Å². The third-order valence-electron chi connectivity index (χ3n) is 10.7. The molecule has 4 amide bonds. The SMILES string of the molecule is COC(=O)NC(C(=O)N1CCCC1c1ncc(-c2ccc3c(c2)Oc2cc(-c4cnc(C5CCCN5C(=O)C(NC(=O)OC)C(C)C)[nH]4)c(F)cc2O3)[nH]1)C(C)C. The third kappa shape index (κ3) is 7.82. The van der Waals surface area contributed by atoms with E-state index in [1.807, 2.05) is 33.8 Å². The van der Waals surface area contributed by atoms with Crippen LogP contribution in [0.1, 0.15) is 77.1 Å². The second-order valence-electron chi connectivity index (χ2n) is 15.1. The number of carbonyl (C=O) groups excluding carboxylic acids is 4. The minimum absolute atomic E-state index is 0.153. The molecule has 3 aliphatic heterocycles. The van der Waals surface area contributed by atoms with Gasteiger partial charge < -0.3 is 49.3 Å². The van der Waals surface area contributed by atoms with Gasteiger partial charge in [0.15, 0.2) is 23.0 Å². The largest absolute Gasteiger partial charge is 0.453 e. The van der Waals surface area contributed by atoms with Crippen molar-refractivity contribution in [2.45, 2.75) is 77.5 Å². The van der Waals surface area contributed by atoms with Crippen LogP contribution < -0.4 is 20.1 Å². The van der Waals surface area contributed by atoms with Gasteiger partial charge in [-0.1, -0.05) is 27.7 Å². The number of nitrogens with zero attached hydrogens (tertiary/aromatic N) is 4. The summed E-state index contributed by atoms with van der Waals surface area (Å²) in [4.78, 5) is 70.4. The normalized spacial score (nSPS) is 18.3. The van der Waals surface area contributed by atoms with Crippen LogP contribution in [0.5, 0.6) is 23.0 Å². The lowest BCUT2D eigenvalue weighted by Gasteiger charge is -2.30. The van der Waals surface area contributed by atoms with Gasteiger partial charge in [-0.05, 0) is 61.8 Å². The van der Waals surface area contributed by atoms with Crippen molar-refractivity contribution in [1.82, 2.24) is 40.4 Å². The summed E-state index contributed by atoms with van der Waals surface area (Å²) < 4.78 is 37.5. The number of halogens is 1. The van der Waals surface area contributed by atoms with E-state index in [1.165, 1.54) is 26.5 Å². The summed E-state index contributed by atoms with van der Waals surface area (Å²) >= 11 is 0. The molecule has 5 heterocycles. The highest BCUT2D eigenvalue weighted by molar-refractivity contribution is 5.87. The number of imidazole rings is 2. The summed E-state index contributed by atoms with van der Waals surface area (Å²) in [5.74, 6) is 1.10. The summed E-state index contributed by atoms with van der Waals surface area (Å²) in [7, 11) is 2.51. The number of likely N-dealkylation sites (tertiary alicyclic amines) is 2. The lowest BCUT2D eigenvalue weighted by molar-refractivity contribution is -0.136. The Balaban J connectivity index is 1.07. The molecule has 0 spiro atoms. The molecule has 4 N–H and O–H groups in total. The van der Waals surface area contributed by atoms with Crippen LogP contribution in [0.15, 0.2) is 42.7 Å². The summed E-state index contributed by atoms with van der Waals surface area (Å²) in [5.41, 5.74) is 2.04. The molecule has 302 valence electrons. The number of carbonyl (C=O) groups is 4. The highest BCUT2D eigenvalue weighted by Gasteiger charge is 2.39. The summed E-state index contributed by atoms with van der Waals surface area (Å²) in [6, 6.07) is 5.95. The zero-order chi connectivity index (χ0) is 40.5. The Morgan fingerprint density at radius 2 is 1.23 bits per heavy atom. The minimum Gasteiger partial charge on any atom is -0.453 e. The number of aromatic amines is 2. The first-order chi connectivity index (χ1) is 27.4. The second-order valence-corrected chi connectivity index (χ2v) is 15.1. The van der Waals surface area contributed by atoms with E-state index >= 15 is 4.39 Å². The Morgan fingerprint density at radius 3 is 1.77 bits per heavy atom. The van der Waals surface area contributed by atoms with Crippen LogP contribution >= 0.6 is 0 Å². The van der Waals surface area contributed by atoms with Crippen molar-refractivity contribution in [3.63, 3.8) is 0 Å². The Labute approximate surface area is 328 Å². The zero-order valence-corrected chi connectivity index (χ0v) is 32.7. The number of H-pyrrole nitrogens is 2. The standard InChI is InChI=1S/C40H47FN8O8/c1-20(2)33(46-39(52)54-5)37(50)48-13-7-9-27(48)35-42-18-25(44-35)22-11-12-29-30(15-22)57-31-16-23(24(41)17-32(31)56-29)26-19-43-36(45-26)28-10-8-14-49(28)38(51)34(21(3)4)47-40(53)55-6/h11-12,15-21,27-28,33-34H,7-10,13-14H2,1-6H3,(H,42,44)(H,43,45)(H,46,52)(H,47,53). The molecule has 57 heavy (non-hydrogen) atoms. The predicted octanol–water partition coefficient (Wildman–Crippen LogP) is 6.59. The molecule has 17 heteroatoms. The quantitative estimate of drug-likeness (QED) is 0.120. The molecule has 4 atom stereocenters. The monoisotopic (exact) mass is 786 g/mol.